The van der Waals surface area contributed by atoms with Crippen LogP contribution in [0.25, 0.3) is 0 Å². The average molecular weight is 342 g/mol. The van der Waals surface area contributed by atoms with Gasteiger partial charge in [-0.2, -0.15) is 13.2 Å². The summed E-state index contributed by atoms with van der Waals surface area (Å²) < 4.78 is 41.5. The molecule has 0 N–H and O–H groups in total. The van der Waals surface area contributed by atoms with Crippen LogP contribution in [-0.4, -0.2) is 29.8 Å². The molecule has 0 saturated heterocycles. The Morgan fingerprint density at radius 2 is 1.82 bits per heavy atom. The van der Waals surface area contributed by atoms with Crippen molar-refractivity contribution in [1.82, 2.24) is 0 Å². The summed E-state index contributed by atoms with van der Waals surface area (Å²) in [6, 6.07) is 0. The third kappa shape index (κ3) is 13.3. The molecule has 0 bridgehead atoms. The predicted molar refractivity (Wildman–Crippen MR) is 86.1 cm³/mol. The number of thioether (sulfide) groups is 1. The Hall–Kier alpha value is -0.390. The van der Waals surface area contributed by atoms with Gasteiger partial charge in [-0.1, -0.05) is 40.0 Å². The topological polar surface area (TPSA) is 26.3 Å². The summed E-state index contributed by atoms with van der Waals surface area (Å²) in [7, 11) is 0. The normalized spacial score (nSPS) is 13.4. The molecule has 0 aromatic rings. The fourth-order valence-corrected chi connectivity index (χ4v) is 3.04. The molecular weight excluding hydrogens is 313 g/mol. The van der Waals surface area contributed by atoms with E-state index in [1.165, 1.54) is 11.8 Å². The van der Waals surface area contributed by atoms with E-state index in [0.29, 0.717) is 18.8 Å². The second-order valence-corrected chi connectivity index (χ2v) is 7.26. The van der Waals surface area contributed by atoms with Gasteiger partial charge in [0.15, 0.2) is 0 Å². The number of unbranched alkanes of at least 4 members (excludes halogenated alkanes) is 3. The number of ether oxygens (including phenoxy) is 1. The summed E-state index contributed by atoms with van der Waals surface area (Å²) in [5.41, 5.74) is 0. The molecule has 0 rings (SSSR count). The van der Waals surface area contributed by atoms with Gasteiger partial charge in [0.05, 0.1) is 6.61 Å². The first kappa shape index (κ1) is 21.6. The third-order valence-electron chi connectivity index (χ3n) is 3.07. The molecule has 1 atom stereocenters. The minimum absolute atomic E-state index is 0.124. The van der Waals surface area contributed by atoms with Crippen LogP contribution in [0.3, 0.4) is 0 Å². The van der Waals surface area contributed by atoms with Crippen molar-refractivity contribution < 1.29 is 22.7 Å². The van der Waals surface area contributed by atoms with Gasteiger partial charge in [0.1, 0.15) is 5.25 Å². The van der Waals surface area contributed by atoms with E-state index in [0.717, 1.165) is 25.7 Å². The van der Waals surface area contributed by atoms with Gasteiger partial charge in [0, 0.05) is 6.42 Å². The largest absolute Gasteiger partial charge is 0.465 e. The summed E-state index contributed by atoms with van der Waals surface area (Å²) in [5, 5.41) is -0.240. The lowest BCUT2D eigenvalue weighted by Crippen LogP contribution is -2.22. The van der Waals surface area contributed by atoms with Gasteiger partial charge in [-0.05, 0) is 30.9 Å². The molecule has 22 heavy (non-hydrogen) atoms. The highest BCUT2D eigenvalue weighted by atomic mass is 32.2. The lowest BCUT2D eigenvalue weighted by Gasteiger charge is -2.16. The van der Waals surface area contributed by atoms with Crippen LogP contribution in [0.1, 0.15) is 65.7 Å². The quantitative estimate of drug-likeness (QED) is 0.341. The third-order valence-corrected chi connectivity index (χ3v) is 4.42. The minimum Gasteiger partial charge on any atom is -0.465 e. The first-order valence-corrected chi connectivity index (χ1v) is 9.16. The first-order chi connectivity index (χ1) is 10.3. The van der Waals surface area contributed by atoms with Crippen LogP contribution in [-0.2, 0) is 9.53 Å². The van der Waals surface area contributed by atoms with Crippen LogP contribution >= 0.6 is 11.8 Å². The SMILES string of the molecule is CCCCCC(SCCCCC(F)(F)F)C(=O)OCC(C)C. The molecule has 0 radical (unpaired) electrons. The van der Waals surface area contributed by atoms with Gasteiger partial charge in [-0.3, -0.25) is 4.79 Å². The highest BCUT2D eigenvalue weighted by Crippen LogP contribution is 2.25. The molecule has 0 amide bonds. The fourth-order valence-electron chi connectivity index (χ4n) is 1.84. The van der Waals surface area contributed by atoms with Crippen molar-refractivity contribution in [3.8, 4) is 0 Å². The molecule has 0 saturated carbocycles. The van der Waals surface area contributed by atoms with E-state index >= 15 is 0 Å². The molecule has 1 unspecified atom stereocenters. The van der Waals surface area contributed by atoms with Crippen molar-refractivity contribution in [2.24, 2.45) is 5.92 Å². The van der Waals surface area contributed by atoms with Crippen LogP contribution < -0.4 is 0 Å². The van der Waals surface area contributed by atoms with Gasteiger partial charge in [-0.25, -0.2) is 0 Å². The number of esters is 1. The molecule has 0 aromatic carbocycles. The van der Waals surface area contributed by atoms with E-state index in [-0.39, 0.29) is 23.6 Å². The second-order valence-electron chi connectivity index (χ2n) is 5.95. The highest BCUT2D eigenvalue weighted by molar-refractivity contribution is 8.00. The van der Waals surface area contributed by atoms with Crippen molar-refractivity contribution >= 4 is 17.7 Å². The molecule has 0 fully saturated rings. The Labute approximate surface area is 136 Å². The Bertz CT molecular complexity index is 294. The van der Waals surface area contributed by atoms with E-state index < -0.39 is 12.6 Å². The van der Waals surface area contributed by atoms with Gasteiger partial charge >= 0.3 is 12.1 Å². The van der Waals surface area contributed by atoms with Crippen molar-refractivity contribution in [3.05, 3.63) is 0 Å². The Balaban J connectivity index is 4.09. The number of carbonyl (C=O) groups is 1. The van der Waals surface area contributed by atoms with E-state index in [1.54, 1.807) is 0 Å². The average Bonchev–Trinajstić information content (AvgIpc) is 2.41. The van der Waals surface area contributed by atoms with E-state index in [2.05, 4.69) is 6.92 Å². The van der Waals surface area contributed by atoms with Crippen molar-refractivity contribution in [2.45, 2.75) is 77.1 Å². The fraction of sp³-hybridized carbons (Fsp3) is 0.938. The molecule has 0 heterocycles. The Kier molecular flexibility index (Phi) is 11.9. The highest BCUT2D eigenvalue weighted by Gasteiger charge is 2.26. The summed E-state index contributed by atoms with van der Waals surface area (Å²) in [6.07, 6.45) is -0.396. The molecule has 0 aliphatic rings. The Morgan fingerprint density at radius 1 is 1.14 bits per heavy atom. The van der Waals surface area contributed by atoms with Crippen LogP contribution in [0.15, 0.2) is 0 Å². The van der Waals surface area contributed by atoms with Crippen molar-refractivity contribution in [2.75, 3.05) is 12.4 Å². The summed E-state index contributed by atoms with van der Waals surface area (Å²) >= 11 is 1.44. The molecule has 0 aliphatic heterocycles. The van der Waals surface area contributed by atoms with Crippen LogP contribution in [0, 0.1) is 5.92 Å². The lowest BCUT2D eigenvalue weighted by molar-refractivity contribution is -0.144. The van der Waals surface area contributed by atoms with E-state index in [9.17, 15) is 18.0 Å². The predicted octanol–water partition coefficient (Wildman–Crippen LogP) is 5.60. The standard InChI is InChI=1S/C16H29F3O2S/c1-4-5-6-9-14(15(20)21-12-13(2)3)22-11-8-7-10-16(17,18)19/h13-14H,4-12H2,1-3H3. The molecule has 132 valence electrons. The zero-order valence-electron chi connectivity index (χ0n) is 13.9. The maximum Gasteiger partial charge on any atom is 0.389 e. The number of hydrogen-bond acceptors (Lipinski definition) is 3. The van der Waals surface area contributed by atoms with Gasteiger partial charge in [0.2, 0.25) is 0 Å². The smallest absolute Gasteiger partial charge is 0.389 e. The molecule has 0 aliphatic carbocycles. The molecule has 2 nitrogen and oxygen atoms in total. The number of halogens is 3. The van der Waals surface area contributed by atoms with E-state index in [4.69, 9.17) is 4.74 Å². The second kappa shape index (κ2) is 12.1. The van der Waals surface area contributed by atoms with Gasteiger partial charge < -0.3 is 4.74 Å². The van der Waals surface area contributed by atoms with Crippen LogP contribution in [0.4, 0.5) is 13.2 Å². The van der Waals surface area contributed by atoms with Crippen LogP contribution in [0.5, 0.6) is 0 Å². The Morgan fingerprint density at radius 3 is 2.36 bits per heavy atom. The zero-order chi connectivity index (χ0) is 17.0. The molecule has 6 heteroatoms. The van der Waals surface area contributed by atoms with Gasteiger partial charge in [-0.15, -0.1) is 11.8 Å². The maximum absolute atomic E-state index is 12.1. The zero-order valence-corrected chi connectivity index (χ0v) is 14.7. The number of carbonyl (C=O) groups excluding carboxylic acids is 1. The lowest BCUT2D eigenvalue weighted by atomic mass is 10.1. The molecule has 0 aromatic heterocycles. The summed E-state index contributed by atoms with van der Waals surface area (Å²) in [4.78, 5) is 12.0. The van der Waals surface area contributed by atoms with E-state index in [1.807, 2.05) is 13.8 Å². The molecule has 0 spiro atoms. The summed E-state index contributed by atoms with van der Waals surface area (Å²) in [5.74, 6) is 0.645. The van der Waals surface area contributed by atoms with Crippen LogP contribution in [0.2, 0.25) is 0 Å². The monoisotopic (exact) mass is 342 g/mol. The van der Waals surface area contributed by atoms with Crippen molar-refractivity contribution in [3.63, 3.8) is 0 Å². The summed E-state index contributed by atoms with van der Waals surface area (Å²) in [6.45, 7) is 6.45. The van der Waals surface area contributed by atoms with Crippen molar-refractivity contribution in [1.29, 1.82) is 0 Å². The maximum atomic E-state index is 12.1. The number of alkyl halides is 3. The van der Waals surface area contributed by atoms with Gasteiger partial charge in [0.25, 0.3) is 0 Å². The first-order valence-electron chi connectivity index (χ1n) is 8.11. The molecular formula is C16H29F3O2S. The minimum atomic E-state index is -4.08. The number of rotatable bonds is 12. The number of hydrogen-bond donors (Lipinski definition) is 0.